The molecular formula is C10H14OS. The van der Waals surface area contributed by atoms with Crippen LogP contribution in [0.1, 0.15) is 36.5 Å². The lowest BCUT2D eigenvalue weighted by molar-refractivity contribution is 0.123. The zero-order valence-electron chi connectivity index (χ0n) is 7.07. The molecule has 1 nitrogen and oxygen atoms in total. The van der Waals surface area contributed by atoms with Crippen molar-refractivity contribution in [3.63, 3.8) is 0 Å². The first-order valence-corrected chi connectivity index (χ1v) is 5.45. The highest BCUT2D eigenvalue weighted by atomic mass is 32.1. The highest BCUT2D eigenvalue weighted by Crippen LogP contribution is 2.34. The molecule has 12 heavy (non-hydrogen) atoms. The zero-order valence-corrected chi connectivity index (χ0v) is 7.89. The molecule has 0 spiro atoms. The molecule has 0 aliphatic heterocycles. The van der Waals surface area contributed by atoms with Gasteiger partial charge in [0, 0.05) is 4.88 Å². The van der Waals surface area contributed by atoms with Gasteiger partial charge in [-0.05, 0) is 43.0 Å². The van der Waals surface area contributed by atoms with Crippen molar-refractivity contribution in [1.29, 1.82) is 0 Å². The summed E-state index contributed by atoms with van der Waals surface area (Å²) in [6.45, 7) is 0. The van der Waals surface area contributed by atoms with Gasteiger partial charge in [-0.2, -0.15) is 0 Å². The lowest BCUT2D eigenvalue weighted by atomic mass is 9.86. The van der Waals surface area contributed by atoms with E-state index in [1.807, 2.05) is 11.3 Å². The van der Waals surface area contributed by atoms with Crippen LogP contribution in [0.25, 0.3) is 0 Å². The van der Waals surface area contributed by atoms with Crippen LogP contribution in [0.2, 0.25) is 0 Å². The molecule has 0 saturated heterocycles. The maximum Gasteiger partial charge on any atom is 0.0540 e. The molecule has 0 unspecified atom stereocenters. The Bertz CT molecular complexity index is 222. The molecule has 0 bridgehead atoms. The summed E-state index contributed by atoms with van der Waals surface area (Å²) < 4.78 is 0. The topological polar surface area (TPSA) is 20.2 Å². The van der Waals surface area contributed by atoms with Crippen LogP contribution < -0.4 is 0 Å². The van der Waals surface area contributed by atoms with Gasteiger partial charge in [-0.3, -0.25) is 0 Å². The normalized spacial score (nSPS) is 30.4. The van der Waals surface area contributed by atoms with Gasteiger partial charge in [0.1, 0.15) is 0 Å². The van der Waals surface area contributed by atoms with E-state index >= 15 is 0 Å². The van der Waals surface area contributed by atoms with Gasteiger partial charge >= 0.3 is 0 Å². The predicted octanol–water partition coefficient (Wildman–Crippen LogP) is 2.77. The van der Waals surface area contributed by atoms with Crippen LogP contribution in [-0.2, 0) is 0 Å². The van der Waals surface area contributed by atoms with Crippen molar-refractivity contribution in [2.45, 2.75) is 37.7 Å². The van der Waals surface area contributed by atoms with E-state index in [0.717, 1.165) is 18.8 Å². The molecule has 1 saturated carbocycles. The van der Waals surface area contributed by atoms with Gasteiger partial charge in [0.25, 0.3) is 0 Å². The van der Waals surface area contributed by atoms with Crippen LogP contribution in [0.5, 0.6) is 0 Å². The lowest BCUT2D eigenvalue weighted by Crippen LogP contribution is -2.16. The van der Waals surface area contributed by atoms with Gasteiger partial charge in [-0.1, -0.05) is 6.07 Å². The van der Waals surface area contributed by atoms with Gasteiger partial charge in [0.05, 0.1) is 6.10 Å². The summed E-state index contributed by atoms with van der Waals surface area (Å²) in [5.41, 5.74) is 0. The number of rotatable bonds is 1. The van der Waals surface area contributed by atoms with Crippen molar-refractivity contribution in [3.05, 3.63) is 22.4 Å². The van der Waals surface area contributed by atoms with Crippen LogP contribution in [-0.4, -0.2) is 11.2 Å². The molecule has 0 radical (unpaired) electrons. The number of aliphatic hydroxyl groups is 1. The van der Waals surface area contributed by atoms with Gasteiger partial charge in [-0.15, -0.1) is 11.3 Å². The summed E-state index contributed by atoms with van der Waals surface area (Å²) in [5, 5.41) is 11.5. The zero-order chi connectivity index (χ0) is 8.39. The summed E-state index contributed by atoms with van der Waals surface area (Å²) in [6.07, 6.45) is 4.29. The minimum Gasteiger partial charge on any atom is -0.393 e. The maximum absolute atomic E-state index is 9.33. The lowest BCUT2D eigenvalue weighted by Gasteiger charge is -2.24. The Balaban J connectivity index is 1.99. The molecule has 1 heterocycles. The van der Waals surface area contributed by atoms with E-state index in [2.05, 4.69) is 17.5 Å². The Morgan fingerprint density at radius 1 is 1.25 bits per heavy atom. The van der Waals surface area contributed by atoms with E-state index in [1.165, 1.54) is 17.7 Å². The molecule has 66 valence electrons. The Morgan fingerprint density at radius 3 is 2.58 bits per heavy atom. The van der Waals surface area contributed by atoms with E-state index in [-0.39, 0.29) is 6.10 Å². The molecule has 1 aliphatic rings. The summed E-state index contributed by atoms with van der Waals surface area (Å²) in [5.74, 6) is 0.730. The summed E-state index contributed by atoms with van der Waals surface area (Å²) in [7, 11) is 0. The highest BCUT2D eigenvalue weighted by Gasteiger charge is 2.20. The second kappa shape index (κ2) is 3.58. The fourth-order valence-electron chi connectivity index (χ4n) is 1.88. The van der Waals surface area contributed by atoms with Crippen molar-refractivity contribution >= 4 is 11.3 Å². The fourth-order valence-corrected chi connectivity index (χ4v) is 2.78. The Morgan fingerprint density at radius 2 is 2.00 bits per heavy atom. The predicted molar refractivity (Wildman–Crippen MR) is 51.5 cm³/mol. The molecule has 2 rings (SSSR count). The molecule has 0 atom stereocenters. The summed E-state index contributed by atoms with van der Waals surface area (Å²) in [6, 6.07) is 4.33. The van der Waals surface area contributed by atoms with Crippen LogP contribution in [0.4, 0.5) is 0 Å². The van der Waals surface area contributed by atoms with E-state index in [9.17, 15) is 5.11 Å². The maximum atomic E-state index is 9.33. The quantitative estimate of drug-likeness (QED) is 0.708. The molecule has 0 aromatic carbocycles. The van der Waals surface area contributed by atoms with Crippen molar-refractivity contribution in [2.75, 3.05) is 0 Å². The molecule has 1 aliphatic carbocycles. The third-order valence-corrected chi connectivity index (χ3v) is 3.68. The largest absolute Gasteiger partial charge is 0.393 e. The molecule has 2 heteroatoms. The van der Waals surface area contributed by atoms with Gasteiger partial charge in [0.2, 0.25) is 0 Å². The highest BCUT2D eigenvalue weighted by molar-refractivity contribution is 7.10. The standard InChI is InChI=1S/C10H14OS/c11-9-5-3-8(4-6-9)10-2-1-7-12-10/h1-2,7-9,11H,3-6H2. The van der Waals surface area contributed by atoms with E-state index in [4.69, 9.17) is 0 Å². The van der Waals surface area contributed by atoms with Crippen LogP contribution in [0.3, 0.4) is 0 Å². The van der Waals surface area contributed by atoms with Crippen molar-refractivity contribution in [1.82, 2.24) is 0 Å². The second-order valence-electron chi connectivity index (χ2n) is 3.52. The number of aliphatic hydroxyl groups excluding tert-OH is 1. The van der Waals surface area contributed by atoms with E-state index < -0.39 is 0 Å². The molecule has 1 N–H and O–H groups in total. The van der Waals surface area contributed by atoms with E-state index in [0.29, 0.717) is 0 Å². The van der Waals surface area contributed by atoms with Crippen molar-refractivity contribution in [2.24, 2.45) is 0 Å². The number of thiophene rings is 1. The summed E-state index contributed by atoms with van der Waals surface area (Å²) >= 11 is 1.85. The van der Waals surface area contributed by atoms with Gasteiger partial charge < -0.3 is 5.11 Å². The van der Waals surface area contributed by atoms with Crippen LogP contribution in [0, 0.1) is 0 Å². The van der Waals surface area contributed by atoms with Crippen molar-refractivity contribution in [3.8, 4) is 0 Å². The van der Waals surface area contributed by atoms with Crippen LogP contribution >= 0.6 is 11.3 Å². The average Bonchev–Trinajstić information content (AvgIpc) is 2.58. The molecule has 1 fully saturated rings. The van der Waals surface area contributed by atoms with Gasteiger partial charge in [0.15, 0.2) is 0 Å². The summed E-state index contributed by atoms with van der Waals surface area (Å²) in [4.78, 5) is 1.50. The molecule has 1 aromatic rings. The second-order valence-corrected chi connectivity index (χ2v) is 4.50. The first-order valence-electron chi connectivity index (χ1n) is 4.58. The van der Waals surface area contributed by atoms with E-state index in [1.54, 1.807) is 0 Å². The Kier molecular flexibility index (Phi) is 2.47. The molecule has 0 amide bonds. The first-order chi connectivity index (χ1) is 5.86. The fraction of sp³-hybridized carbons (Fsp3) is 0.600. The smallest absolute Gasteiger partial charge is 0.0540 e. The Hall–Kier alpha value is -0.340. The minimum absolute atomic E-state index is 0.0267. The minimum atomic E-state index is -0.0267. The molecular weight excluding hydrogens is 168 g/mol. The SMILES string of the molecule is OC1CCC(c2cccs2)CC1. The number of hydrogen-bond acceptors (Lipinski definition) is 2. The first kappa shape index (κ1) is 8.27. The number of hydrogen-bond donors (Lipinski definition) is 1. The Labute approximate surface area is 77.0 Å². The van der Waals surface area contributed by atoms with Crippen LogP contribution in [0.15, 0.2) is 17.5 Å². The third kappa shape index (κ3) is 1.70. The average molecular weight is 182 g/mol. The third-order valence-electron chi connectivity index (χ3n) is 2.64. The molecule has 1 aromatic heterocycles. The van der Waals surface area contributed by atoms with Gasteiger partial charge in [-0.25, -0.2) is 0 Å². The van der Waals surface area contributed by atoms with Crippen molar-refractivity contribution < 1.29 is 5.11 Å². The monoisotopic (exact) mass is 182 g/mol.